The SMILES string of the molecule is CCCNCCCc1ccc(F)cc1C(=O)N1CCCCC1C(/C=C(\C)N=C(C=C(C)C)N1CC[C@H](N)C1)=NC. The second-order valence-electron chi connectivity index (χ2n) is 11.3. The van der Waals surface area contributed by atoms with Crippen LogP contribution in [0.4, 0.5) is 4.39 Å². The summed E-state index contributed by atoms with van der Waals surface area (Å²) in [6.45, 7) is 12.4. The van der Waals surface area contributed by atoms with E-state index < -0.39 is 0 Å². The third-order valence-corrected chi connectivity index (χ3v) is 7.51. The summed E-state index contributed by atoms with van der Waals surface area (Å²) in [6, 6.07) is 4.62. The Morgan fingerprint density at radius 3 is 2.62 bits per heavy atom. The Morgan fingerprint density at radius 1 is 1.15 bits per heavy atom. The molecule has 2 aliphatic heterocycles. The van der Waals surface area contributed by atoms with Gasteiger partial charge in [0.25, 0.3) is 5.91 Å². The van der Waals surface area contributed by atoms with Crippen molar-refractivity contribution in [2.45, 2.75) is 84.7 Å². The van der Waals surface area contributed by atoms with Crippen LogP contribution in [0.5, 0.6) is 0 Å². The number of likely N-dealkylation sites (tertiary alicyclic amines) is 2. The fourth-order valence-corrected chi connectivity index (χ4v) is 5.49. The molecule has 1 unspecified atom stereocenters. The predicted molar refractivity (Wildman–Crippen MR) is 165 cm³/mol. The average molecular weight is 553 g/mol. The number of carbonyl (C=O) groups is 1. The van der Waals surface area contributed by atoms with Gasteiger partial charge in [-0.15, -0.1) is 0 Å². The van der Waals surface area contributed by atoms with Crippen molar-refractivity contribution in [1.82, 2.24) is 15.1 Å². The minimum Gasteiger partial charge on any atom is -0.355 e. The molecule has 0 bridgehead atoms. The van der Waals surface area contributed by atoms with Crippen LogP contribution >= 0.6 is 0 Å². The van der Waals surface area contributed by atoms with E-state index in [9.17, 15) is 9.18 Å². The van der Waals surface area contributed by atoms with E-state index in [0.717, 1.165) is 93.9 Å². The number of hydrogen-bond donors (Lipinski definition) is 2. The molecule has 2 atom stereocenters. The summed E-state index contributed by atoms with van der Waals surface area (Å²) in [4.78, 5) is 27.6. The average Bonchev–Trinajstić information content (AvgIpc) is 3.37. The molecule has 220 valence electrons. The number of benzene rings is 1. The monoisotopic (exact) mass is 552 g/mol. The largest absolute Gasteiger partial charge is 0.355 e. The zero-order valence-electron chi connectivity index (χ0n) is 25.2. The molecule has 0 aromatic heterocycles. The Bertz CT molecular complexity index is 1120. The van der Waals surface area contributed by atoms with E-state index in [1.54, 1.807) is 13.1 Å². The molecule has 3 rings (SSSR count). The molecule has 2 fully saturated rings. The van der Waals surface area contributed by atoms with Gasteiger partial charge in [-0.05, 0) is 109 Å². The number of allylic oxidation sites excluding steroid dienone is 2. The highest BCUT2D eigenvalue weighted by atomic mass is 19.1. The Balaban J connectivity index is 1.85. The van der Waals surface area contributed by atoms with Crippen molar-refractivity contribution >= 4 is 17.5 Å². The summed E-state index contributed by atoms with van der Waals surface area (Å²) >= 11 is 0. The van der Waals surface area contributed by atoms with Gasteiger partial charge in [-0.2, -0.15) is 0 Å². The second-order valence-corrected chi connectivity index (χ2v) is 11.3. The summed E-state index contributed by atoms with van der Waals surface area (Å²) in [5.41, 5.74) is 10.4. The van der Waals surface area contributed by atoms with Crippen LogP contribution in [-0.4, -0.2) is 79.1 Å². The lowest BCUT2D eigenvalue weighted by Gasteiger charge is -2.36. The molecule has 2 aliphatic rings. The molecule has 2 saturated heterocycles. The molecule has 1 aromatic rings. The summed E-state index contributed by atoms with van der Waals surface area (Å²) < 4.78 is 14.4. The van der Waals surface area contributed by atoms with Gasteiger partial charge in [0.15, 0.2) is 0 Å². The number of nitrogens with zero attached hydrogens (tertiary/aromatic N) is 4. The van der Waals surface area contributed by atoms with E-state index in [2.05, 4.69) is 42.1 Å². The lowest BCUT2D eigenvalue weighted by Crippen LogP contribution is -2.48. The molecule has 0 spiro atoms. The highest BCUT2D eigenvalue weighted by molar-refractivity contribution is 6.05. The first-order chi connectivity index (χ1) is 19.2. The van der Waals surface area contributed by atoms with Gasteiger partial charge in [0.1, 0.15) is 11.7 Å². The van der Waals surface area contributed by atoms with Gasteiger partial charge in [0.05, 0.1) is 11.8 Å². The van der Waals surface area contributed by atoms with E-state index in [1.165, 1.54) is 17.7 Å². The van der Waals surface area contributed by atoms with Gasteiger partial charge in [0, 0.05) is 44.0 Å². The highest BCUT2D eigenvalue weighted by Crippen LogP contribution is 2.25. The zero-order chi connectivity index (χ0) is 29.1. The number of nitrogens with one attached hydrogen (secondary N) is 1. The van der Waals surface area contributed by atoms with Gasteiger partial charge in [-0.3, -0.25) is 9.79 Å². The van der Waals surface area contributed by atoms with Crippen molar-refractivity contribution in [1.29, 1.82) is 0 Å². The van der Waals surface area contributed by atoms with E-state index in [1.807, 2.05) is 17.9 Å². The molecule has 2 heterocycles. The lowest BCUT2D eigenvalue weighted by molar-refractivity contribution is 0.0679. The molecular formula is C32H49FN6O. The third kappa shape index (κ3) is 9.10. The number of aliphatic imine (C=N–C) groups is 2. The van der Waals surface area contributed by atoms with E-state index >= 15 is 0 Å². The quantitative estimate of drug-likeness (QED) is 0.227. The predicted octanol–water partition coefficient (Wildman–Crippen LogP) is 5.12. The number of carbonyl (C=O) groups excluding carboxylic acids is 1. The third-order valence-electron chi connectivity index (χ3n) is 7.51. The smallest absolute Gasteiger partial charge is 0.254 e. The maximum atomic E-state index is 14.4. The molecule has 1 aromatic carbocycles. The molecule has 3 N–H and O–H groups in total. The fraction of sp³-hybridized carbons (Fsp3) is 0.594. The van der Waals surface area contributed by atoms with Crippen molar-refractivity contribution in [3.8, 4) is 0 Å². The van der Waals surface area contributed by atoms with Gasteiger partial charge < -0.3 is 20.9 Å². The first-order valence-corrected chi connectivity index (χ1v) is 14.9. The molecule has 0 radical (unpaired) electrons. The van der Waals surface area contributed by atoms with E-state index in [4.69, 9.17) is 10.7 Å². The lowest BCUT2D eigenvalue weighted by atomic mass is 9.94. The summed E-state index contributed by atoms with van der Waals surface area (Å²) in [5.74, 6) is 0.409. The van der Waals surface area contributed by atoms with Crippen molar-refractivity contribution < 1.29 is 9.18 Å². The van der Waals surface area contributed by atoms with Crippen molar-refractivity contribution in [2.75, 3.05) is 39.8 Å². The molecule has 8 heteroatoms. The van der Waals surface area contributed by atoms with Gasteiger partial charge in [-0.1, -0.05) is 18.6 Å². The van der Waals surface area contributed by atoms with Crippen LogP contribution in [0.3, 0.4) is 0 Å². The van der Waals surface area contributed by atoms with E-state index in [-0.39, 0.29) is 23.8 Å². The summed E-state index contributed by atoms with van der Waals surface area (Å²) in [7, 11) is 1.77. The first-order valence-electron chi connectivity index (χ1n) is 14.9. The van der Waals surface area contributed by atoms with Crippen LogP contribution in [0.25, 0.3) is 0 Å². The maximum absolute atomic E-state index is 14.4. The van der Waals surface area contributed by atoms with Crippen molar-refractivity contribution in [3.05, 3.63) is 58.6 Å². The van der Waals surface area contributed by atoms with Crippen molar-refractivity contribution in [2.24, 2.45) is 15.7 Å². The normalized spacial score (nSPS) is 20.7. The van der Waals surface area contributed by atoms with Crippen molar-refractivity contribution in [3.63, 3.8) is 0 Å². The van der Waals surface area contributed by atoms with Crippen LogP contribution in [0.15, 0.2) is 51.6 Å². The minimum absolute atomic E-state index is 0.118. The Morgan fingerprint density at radius 2 is 1.95 bits per heavy atom. The number of aryl methyl sites for hydroxylation is 1. The first kappa shape index (κ1) is 31.7. The molecule has 0 aliphatic carbocycles. The summed E-state index contributed by atoms with van der Waals surface area (Å²) in [5, 5.41) is 3.41. The number of amidine groups is 1. The molecular weight excluding hydrogens is 503 g/mol. The van der Waals surface area contributed by atoms with E-state index in [0.29, 0.717) is 12.1 Å². The topological polar surface area (TPSA) is 86.3 Å². The van der Waals surface area contributed by atoms with Crippen LogP contribution in [-0.2, 0) is 6.42 Å². The number of rotatable bonds is 11. The maximum Gasteiger partial charge on any atom is 0.254 e. The number of hydrogen-bond acceptors (Lipinski definition) is 5. The second kappa shape index (κ2) is 15.8. The van der Waals surface area contributed by atoms with Crippen LogP contribution < -0.4 is 11.1 Å². The molecule has 1 amide bonds. The van der Waals surface area contributed by atoms with Crippen LogP contribution in [0.2, 0.25) is 0 Å². The van der Waals surface area contributed by atoms with Gasteiger partial charge in [-0.25, -0.2) is 9.38 Å². The summed E-state index contributed by atoms with van der Waals surface area (Å²) in [6.07, 6.45) is 10.5. The van der Waals surface area contributed by atoms with Gasteiger partial charge >= 0.3 is 0 Å². The number of piperidine rings is 1. The number of nitrogens with two attached hydrogens (primary N) is 1. The van der Waals surface area contributed by atoms with Crippen LogP contribution in [0.1, 0.15) is 82.1 Å². The molecule has 40 heavy (non-hydrogen) atoms. The Labute approximate surface area is 240 Å². The minimum atomic E-state index is -0.382. The number of amides is 1. The fourth-order valence-electron chi connectivity index (χ4n) is 5.49. The standard InChI is InChI=1S/C32H49FN6O/c1-6-15-36-16-9-10-25-12-13-26(33)21-28(25)32(40)39-17-8-7-11-30(39)29(35-5)20-24(4)37-31(19-23(2)3)38-18-14-27(34)22-38/h12-13,19-21,27,30,36H,6-11,14-18,22,34H2,1-5H3/b24-20+,35-29?,37-31?/t27-,30?/m0/s1. The Kier molecular flexibility index (Phi) is 12.5. The van der Waals surface area contributed by atoms with Gasteiger partial charge in [0.2, 0.25) is 0 Å². The molecule has 0 saturated carbocycles. The molecule has 7 nitrogen and oxygen atoms in total. The van der Waals surface area contributed by atoms with Crippen LogP contribution in [0, 0.1) is 5.82 Å². The Hall–Kier alpha value is -2.84. The highest BCUT2D eigenvalue weighted by Gasteiger charge is 2.31. The zero-order valence-corrected chi connectivity index (χ0v) is 25.2. The number of halogens is 1.